The molecular weight excluding hydrogens is 338 g/mol. The van der Waals surface area contributed by atoms with Crippen molar-refractivity contribution < 1.29 is 4.79 Å². The molecule has 0 saturated carbocycles. The number of benzene rings is 1. The summed E-state index contributed by atoms with van der Waals surface area (Å²) in [6.07, 6.45) is 6.81. The lowest BCUT2D eigenvalue weighted by molar-refractivity contribution is -0.131. The van der Waals surface area contributed by atoms with Crippen molar-refractivity contribution in [2.75, 3.05) is 13.1 Å². The van der Waals surface area contributed by atoms with Crippen LogP contribution in [0, 0.1) is 0 Å². The molecule has 0 spiro atoms. The highest BCUT2D eigenvalue weighted by atomic mass is 16.2. The SMILES string of the molecule is Cn1nc(-c2ccccc2)c2c1CCN(C(=O)CCCn1cccn1)CC2. The highest BCUT2D eigenvalue weighted by Crippen LogP contribution is 2.28. The van der Waals surface area contributed by atoms with Gasteiger partial charge in [0.1, 0.15) is 0 Å². The van der Waals surface area contributed by atoms with Crippen LogP contribution in [-0.2, 0) is 31.2 Å². The Morgan fingerprint density at radius 2 is 1.93 bits per heavy atom. The van der Waals surface area contributed by atoms with Crippen LogP contribution < -0.4 is 0 Å². The first-order valence-corrected chi connectivity index (χ1v) is 9.58. The number of carbonyl (C=O) groups is 1. The van der Waals surface area contributed by atoms with Crippen LogP contribution in [0.5, 0.6) is 0 Å². The van der Waals surface area contributed by atoms with Gasteiger partial charge in [-0.25, -0.2) is 0 Å². The Balaban J connectivity index is 1.41. The molecule has 6 nitrogen and oxygen atoms in total. The average Bonchev–Trinajstić information content (AvgIpc) is 3.24. The van der Waals surface area contributed by atoms with E-state index in [1.54, 1.807) is 6.20 Å². The second-order valence-corrected chi connectivity index (χ2v) is 7.02. The van der Waals surface area contributed by atoms with Crippen molar-refractivity contribution in [2.45, 2.75) is 32.2 Å². The van der Waals surface area contributed by atoms with Gasteiger partial charge in [0.25, 0.3) is 0 Å². The lowest BCUT2D eigenvalue weighted by atomic mass is 10.0. The largest absolute Gasteiger partial charge is 0.342 e. The molecule has 1 aliphatic heterocycles. The molecule has 4 rings (SSSR count). The number of fused-ring (bicyclic) bond motifs is 1. The second-order valence-electron chi connectivity index (χ2n) is 7.02. The van der Waals surface area contributed by atoms with Crippen LogP contribution in [0.4, 0.5) is 0 Å². The molecule has 1 aromatic carbocycles. The van der Waals surface area contributed by atoms with Gasteiger partial charge >= 0.3 is 0 Å². The molecule has 0 fully saturated rings. The molecule has 3 heterocycles. The Labute approximate surface area is 159 Å². The fraction of sp³-hybridized carbons (Fsp3) is 0.381. The van der Waals surface area contributed by atoms with Crippen molar-refractivity contribution in [1.82, 2.24) is 24.5 Å². The number of nitrogens with zero attached hydrogens (tertiary/aromatic N) is 5. The molecule has 0 bridgehead atoms. The number of aryl methyl sites for hydroxylation is 2. The van der Waals surface area contributed by atoms with Crippen molar-refractivity contribution in [3.05, 3.63) is 60.0 Å². The molecule has 1 amide bonds. The molecule has 140 valence electrons. The predicted molar refractivity (Wildman–Crippen MR) is 104 cm³/mol. The Hall–Kier alpha value is -2.89. The third-order valence-corrected chi connectivity index (χ3v) is 5.26. The van der Waals surface area contributed by atoms with Crippen molar-refractivity contribution in [3.8, 4) is 11.3 Å². The molecule has 0 N–H and O–H groups in total. The van der Waals surface area contributed by atoms with Crippen LogP contribution in [-0.4, -0.2) is 43.5 Å². The third kappa shape index (κ3) is 3.79. The number of hydrogen-bond donors (Lipinski definition) is 0. The molecule has 2 aromatic heterocycles. The predicted octanol–water partition coefficient (Wildman–Crippen LogP) is 2.69. The van der Waals surface area contributed by atoms with E-state index >= 15 is 0 Å². The van der Waals surface area contributed by atoms with Crippen molar-refractivity contribution >= 4 is 5.91 Å². The summed E-state index contributed by atoms with van der Waals surface area (Å²) in [7, 11) is 2.01. The third-order valence-electron chi connectivity index (χ3n) is 5.26. The minimum atomic E-state index is 0.240. The van der Waals surface area contributed by atoms with Crippen LogP contribution in [0.25, 0.3) is 11.3 Å². The number of amides is 1. The van der Waals surface area contributed by atoms with E-state index in [0.29, 0.717) is 6.42 Å². The van der Waals surface area contributed by atoms with Gasteiger partial charge in [-0.15, -0.1) is 0 Å². The summed E-state index contributed by atoms with van der Waals surface area (Å²) in [6.45, 7) is 2.31. The summed E-state index contributed by atoms with van der Waals surface area (Å²) in [5.74, 6) is 0.240. The molecular formula is C21H25N5O. The zero-order valence-corrected chi connectivity index (χ0v) is 15.7. The van der Waals surface area contributed by atoms with Gasteiger partial charge in [-0.2, -0.15) is 10.2 Å². The molecule has 3 aromatic rings. The quantitative estimate of drug-likeness (QED) is 0.700. The Bertz CT molecular complexity index is 898. The standard InChI is InChI=1S/C21H25N5O/c1-24-19-11-16-25(20(27)9-5-13-26-14-6-12-22-26)15-10-18(19)21(23-24)17-7-3-2-4-8-17/h2-4,6-8,12,14H,5,9-11,13,15-16H2,1H3. The Morgan fingerprint density at radius 3 is 2.70 bits per heavy atom. The maximum atomic E-state index is 12.7. The van der Waals surface area contributed by atoms with E-state index in [1.807, 2.05) is 51.8 Å². The van der Waals surface area contributed by atoms with Crippen molar-refractivity contribution in [3.63, 3.8) is 0 Å². The molecule has 0 aliphatic carbocycles. The molecule has 0 unspecified atom stereocenters. The lowest BCUT2D eigenvalue weighted by Gasteiger charge is -2.20. The van der Waals surface area contributed by atoms with Gasteiger partial charge in [0.15, 0.2) is 0 Å². The molecule has 6 heteroatoms. The summed E-state index contributed by atoms with van der Waals surface area (Å²) >= 11 is 0. The Morgan fingerprint density at radius 1 is 1.11 bits per heavy atom. The number of aromatic nitrogens is 4. The van der Waals surface area contributed by atoms with Gasteiger partial charge in [-0.05, 0) is 18.9 Å². The van der Waals surface area contributed by atoms with Gasteiger partial charge < -0.3 is 4.90 Å². The van der Waals surface area contributed by atoms with E-state index < -0.39 is 0 Å². The van der Waals surface area contributed by atoms with Crippen LogP contribution in [0.1, 0.15) is 24.1 Å². The summed E-state index contributed by atoms with van der Waals surface area (Å²) in [6, 6.07) is 12.2. The lowest BCUT2D eigenvalue weighted by Crippen LogP contribution is -2.33. The zero-order valence-electron chi connectivity index (χ0n) is 15.7. The number of carbonyl (C=O) groups excluding carboxylic acids is 1. The van der Waals surface area contributed by atoms with E-state index in [-0.39, 0.29) is 5.91 Å². The van der Waals surface area contributed by atoms with Gasteiger partial charge in [0, 0.05) is 68.7 Å². The van der Waals surface area contributed by atoms with Crippen LogP contribution in [0.15, 0.2) is 48.8 Å². The summed E-state index contributed by atoms with van der Waals surface area (Å²) < 4.78 is 3.87. The van der Waals surface area contributed by atoms with Crippen LogP contribution >= 0.6 is 0 Å². The molecule has 0 atom stereocenters. The normalized spacial score (nSPS) is 14.0. The monoisotopic (exact) mass is 363 g/mol. The van der Waals surface area contributed by atoms with E-state index in [0.717, 1.165) is 50.2 Å². The van der Waals surface area contributed by atoms with Crippen molar-refractivity contribution in [2.24, 2.45) is 7.05 Å². The smallest absolute Gasteiger partial charge is 0.222 e. The van der Waals surface area contributed by atoms with Crippen LogP contribution in [0.3, 0.4) is 0 Å². The maximum absolute atomic E-state index is 12.7. The molecule has 0 radical (unpaired) electrons. The summed E-state index contributed by atoms with van der Waals surface area (Å²) in [4.78, 5) is 14.7. The average molecular weight is 363 g/mol. The van der Waals surface area contributed by atoms with E-state index in [9.17, 15) is 4.79 Å². The zero-order chi connectivity index (χ0) is 18.6. The van der Waals surface area contributed by atoms with Crippen LogP contribution in [0.2, 0.25) is 0 Å². The highest BCUT2D eigenvalue weighted by molar-refractivity contribution is 5.76. The number of rotatable bonds is 5. The van der Waals surface area contributed by atoms with E-state index in [1.165, 1.54) is 11.3 Å². The fourth-order valence-corrected chi connectivity index (χ4v) is 3.84. The number of hydrogen-bond acceptors (Lipinski definition) is 3. The van der Waals surface area contributed by atoms with Gasteiger partial charge in [-0.1, -0.05) is 30.3 Å². The molecule has 27 heavy (non-hydrogen) atoms. The summed E-state index contributed by atoms with van der Waals surface area (Å²) in [5.41, 5.74) is 4.74. The molecule has 1 aliphatic rings. The van der Waals surface area contributed by atoms with Crippen molar-refractivity contribution in [1.29, 1.82) is 0 Å². The minimum absolute atomic E-state index is 0.240. The first-order valence-electron chi connectivity index (χ1n) is 9.58. The first-order chi connectivity index (χ1) is 13.2. The maximum Gasteiger partial charge on any atom is 0.222 e. The topological polar surface area (TPSA) is 56.0 Å². The van der Waals surface area contributed by atoms with Gasteiger partial charge in [-0.3, -0.25) is 14.2 Å². The van der Waals surface area contributed by atoms with Gasteiger partial charge in [0.2, 0.25) is 5.91 Å². The van der Waals surface area contributed by atoms with Gasteiger partial charge in [0.05, 0.1) is 5.69 Å². The highest BCUT2D eigenvalue weighted by Gasteiger charge is 2.24. The second kappa shape index (κ2) is 7.78. The van der Waals surface area contributed by atoms with E-state index in [4.69, 9.17) is 5.10 Å². The van der Waals surface area contributed by atoms with E-state index in [2.05, 4.69) is 17.2 Å². The Kier molecular flexibility index (Phi) is 5.05. The fourth-order valence-electron chi connectivity index (χ4n) is 3.84. The first kappa shape index (κ1) is 17.5. The molecule has 0 saturated heterocycles. The minimum Gasteiger partial charge on any atom is -0.342 e. The summed E-state index contributed by atoms with van der Waals surface area (Å²) in [5, 5.41) is 8.95.